The fraction of sp³-hybridized carbons (Fsp3) is 0.385. The molecule has 0 atom stereocenters. The summed E-state index contributed by atoms with van der Waals surface area (Å²) in [5, 5.41) is 8.39. The maximum Gasteiger partial charge on any atom is 0.136 e. The number of nitrogens with zero attached hydrogens (tertiary/aromatic N) is 2. The van der Waals surface area contributed by atoms with Gasteiger partial charge in [-0.15, -0.1) is 5.10 Å². The number of aromatic nitrogens is 2. The van der Waals surface area contributed by atoms with Gasteiger partial charge in [0.25, 0.3) is 0 Å². The van der Waals surface area contributed by atoms with Gasteiger partial charge in [0, 0.05) is 18.1 Å². The molecule has 1 aromatic heterocycles. The number of nitrogens with one attached hydrogen (secondary N) is 1. The molecule has 0 bridgehead atoms. The van der Waals surface area contributed by atoms with Crippen LogP contribution < -0.4 is 10.1 Å². The lowest BCUT2D eigenvalue weighted by Gasteiger charge is -2.08. The topological polar surface area (TPSA) is 47.0 Å². The lowest BCUT2D eigenvalue weighted by molar-refractivity contribution is 0.299. The van der Waals surface area contributed by atoms with Crippen LogP contribution in [0.3, 0.4) is 0 Å². The summed E-state index contributed by atoms with van der Waals surface area (Å²) in [6, 6.07) is 6.01. The van der Waals surface area contributed by atoms with Crippen molar-refractivity contribution in [2.45, 2.75) is 26.9 Å². The summed E-state index contributed by atoms with van der Waals surface area (Å²) in [6.45, 7) is 5.52. The zero-order valence-corrected chi connectivity index (χ0v) is 13.3. The minimum atomic E-state index is 0.421. The number of hydrogen-bond acceptors (Lipinski definition) is 5. The third-order valence-electron chi connectivity index (χ3n) is 2.54. The van der Waals surface area contributed by atoms with Gasteiger partial charge in [0.2, 0.25) is 0 Å². The molecule has 0 saturated heterocycles. The van der Waals surface area contributed by atoms with Crippen LogP contribution in [0, 0.1) is 6.92 Å². The maximum atomic E-state index is 5.77. The zero-order valence-electron chi connectivity index (χ0n) is 10.9. The van der Waals surface area contributed by atoms with Crippen molar-refractivity contribution in [2.75, 3.05) is 11.9 Å². The van der Waals surface area contributed by atoms with E-state index in [0.717, 1.165) is 33.9 Å². The molecule has 2 rings (SSSR count). The fourth-order valence-electron chi connectivity index (χ4n) is 1.54. The highest BCUT2D eigenvalue weighted by Gasteiger charge is 2.09. The Labute approximate surface area is 125 Å². The molecule has 0 radical (unpaired) electrons. The van der Waals surface area contributed by atoms with Crippen molar-refractivity contribution in [3.8, 4) is 5.75 Å². The SMILES string of the molecule is CCCNc1snnc1COc1ccc(C)cc1Br. The Hall–Kier alpha value is -1.14. The average molecular weight is 342 g/mol. The van der Waals surface area contributed by atoms with Crippen molar-refractivity contribution >= 4 is 32.5 Å². The summed E-state index contributed by atoms with van der Waals surface area (Å²) in [5.74, 6) is 0.819. The highest BCUT2D eigenvalue weighted by Crippen LogP contribution is 2.27. The molecule has 0 aliphatic rings. The third kappa shape index (κ3) is 3.91. The van der Waals surface area contributed by atoms with Crippen LogP contribution in [-0.4, -0.2) is 16.1 Å². The number of halogens is 1. The maximum absolute atomic E-state index is 5.77. The van der Waals surface area contributed by atoms with E-state index in [9.17, 15) is 0 Å². The molecule has 1 aromatic carbocycles. The van der Waals surface area contributed by atoms with Crippen molar-refractivity contribution in [1.82, 2.24) is 9.59 Å². The van der Waals surface area contributed by atoms with E-state index < -0.39 is 0 Å². The highest BCUT2D eigenvalue weighted by atomic mass is 79.9. The lowest BCUT2D eigenvalue weighted by Crippen LogP contribution is -2.04. The van der Waals surface area contributed by atoms with E-state index in [4.69, 9.17) is 4.74 Å². The first-order valence-electron chi connectivity index (χ1n) is 6.14. The van der Waals surface area contributed by atoms with E-state index in [0.29, 0.717) is 6.61 Å². The summed E-state index contributed by atoms with van der Waals surface area (Å²) >= 11 is 4.87. The predicted molar refractivity (Wildman–Crippen MR) is 81.9 cm³/mol. The predicted octanol–water partition coefficient (Wildman–Crippen LogP) is 4.01. The number of ether oxygens (including phenoxy) is 1. The molecule has 0 unspecified atom stereocenters. The molecular weight excluding hydrogens is 326 g/mol. The van der Waals surface area contributed by atoms with Crippen LogP contribution in [0.4, 0.5) is 5.00 Å². The van der Waals surface area contributed by atoms with Crippen LogP contribution in [0.1, 0.15) is 24.6 Å². The molecule has 1 N–H and O–H groups in total. The van der Waals surface area contributed by atoms with Crippen LogP contribution in [0.15, 0.2) is 22.7 Å². The normalized spacial score (nSPS) is 10.5. The summed E-state index contributed by atoms with van der Waals surface area (Å²) in [5.41, 5.74) is 2.05. The van der Waals surface area contributed by atoms with Gasteiger partial charge in [0.15, 0.2) is 0 Å². The molecule has 1 heterocycles. The number of anilines is 1. The first kappa shape index (κ1) is 14.3. The minimum Gasteiger partial charge on any atom is -0.486 e. The average Bonchev–Trinajstić information content (AvgIpc) is 2.83. The standard InChI is InChI=1S/C13H16BrN3OS/c1-3-6-15-13-11(16-17-19-13)8-18-12-5-4-9(2)7-10(12)14/h4-5,7,15H,3,6,8H2,1-2H3. The molecule has 0 aliphatic carbocycles. The Kier molecular flexibility index (Phi) is 5.15. The van der Waals surface area contributed by atoms with Crippen molar-refractivity contribution in [1.29, 1.82) is 0 Å². The van der Waals surface area contributed by atoms with Gasteiger partial charge in [-0.05, 0) is 47.0 Å². The zero-order chi connectivity index (χ0) is 13.7. The number of aryl methyl sites for hydroxylation is 1. The van der Waals surface area contributed by atoms with Gasteiger partial charge in [-0.1, -0.05) is 17.5 Å². The molecule has 6 heteroatoms. The van der Waals surface area contributed by atoms with Crippen LogP contribution in [0.2, 0.25) is 0 Å². The third-order valence-corrected chi connectivity index (χ3v) is 3.89. The summed E-state index contributed by atoms with van der Waals surface area (Å²) in [4.78, 5) is 0. The Bertz CT molecular complexity index is 544. The fourth-order valence-corrected chi connectivity index (χ4v) is 2.75. The van der Waals surface area contributed by atoms with Crippen molar-refractivity contribution in [3.63, 3.8) is 0 Å². The van der Waals surface area contributed by atoms with E-state index in [2.05, 4.69) is 37.8 Å². The largest absolute Gasteiger partial charge is 0.486 e. The minimum absolute atomic E-state index is 0.421. The van der Waals surface area contributed by atoms with Gasteiger partial charge >= 0.3 is 0 Å². The van der Waals surface area contributed by atoms with Crippen LogP contribution >= 0.6 is 27.5 Å². The van der Waals surface area contributed by atoms with Gasteiger partial charge < -0.3 is 10.1 Å². The Morgan fingerprint density at radius 2 is 2.26 bits per heavy atom. The first-order chi connectivity index (χ1) is 9.20. The molecule has 4 nitrogen and oxygen atoms in total. The summed E-state index contributed by atoms with van der Waals surface area (Å²) in [6.07, 6.45) is 1.07. The van der Waals surface area contributed by atoms with Gasteiger partial charge in [0.1, 0.15) is 23.1 Å². The van der Waals surface area contributed by atoms with E-state index in [-0.39, 0.29) is 0 Å². The molecule has 0 fully saturated rings. The van der Waals surface area contributed by atoms with E-state index in [1.807, 2.05) is 25.1 Å². The number of rotatable bonds is 6. The second kappa shape index (κ2) is 6.86. The van der Waals surface area contributed by atoms with Gasteiger partial charge in [0.05, 0.1) is 4.47 Å². The number of benzene rings is 1. The molecule has 19 heavy (non-hydrogen) atoms. The molecule has 0 amide bonds. The summed E-state index contributed by atoms with van der Waals surface area (Å²) < 4.78 is 10.7. The van der Waals surface area contributed by atoms with Crippen LogP contribution in [0.25, 0.3) is 0 Å². The van der Waals surface area contributed by atoms with Crippen LogP contribution in [0.5, 0.6) is 5.75 Å². The summed E-state index contributed by atoms with van der Waals surface area (Å²) in [7, 11) is 0. The second-order valence-corrected chi connectivity index (χ2v) is 5.81. The van der Waals surface area contributed by atoms with E-state index in [1.54, 1.807) is 0 Å². The first-order valence-corrected chi connectivity index (χ1v) is 7.71. The quantitative estimate of drug-likeness (QED) is 0.862. The Balaban J connectivity index is 2.00. The van der Waals surface area contributed by atoms with Crippen molar-refractivity contribution in [2.24, 2.45) is 0 Å². The van der Waals surface area contributed by atoms with Crippen LogP contribution in [-0.2, 0) is 6.61 Å². The van der Waals surface area contributed by atoms with Crippen molar-refractivity contribution in [3.05, 3.63) is 33.9 Å². The molecule has 2 aromatic rings. The monoisotopic (exact) mass is 341 g/mol. The number of hydrogen-bond donors (Lipinski definition) is 1. The van der Waals surface area contributed by atoms with Gasteiger partial charge in [-0.2, -0.15) is 0 Å². The van der Waals surface area contributed by atoms with Gasteiger partial charge in [-0.25, -0.2) is 0 Å². The Morgan fingerprint density at radius 3 is 3.00 bits per heavy atom. The molecular formula is C13H16BrN3OS. The second-order valence-electron chi connectivity index (χ2n) is 4.20. The van der Waals surface area contributed by atoms with Crippen molar-refractivity contribution < 1.29 is 4.74 Å². The molecule has 0 aliphatic heterocycles. The van der Waals surface area contributed by atoms with Gasteiger partial charge in [-0.3, -0.25) is 0 Å². The highest BCUT2D eigenvalue weighted by molar-refractivity contribution is 9.10. The smallest absolute Gasteiger partial charge is 0.136 e. The lowest BCUT2D eigenvalue weighted by atomic mass is 10.2. The Morgan fingerprint density at radius 1 is 1.42 bits per heavy atom. The van der Waals surface area contributed by atoms with E-state index in [1.165, 1.54) is 17.1 Å². The molecule has 0 saturated carbocycles. The molecule has 102 valence electrons. The van der Waals surface area contributed by atoms with E-state index >= 15 is 0 Å². The molecule has 0 spiro atoms.